The summed E-state index contributed by atoms with van der Waals surface area (Å²) in [6.45, 7) is 0. The number of rotatable bonds is 5. The average Bonchev–Trinajstić information content (AvgIpc) is 1.78. The summed E-state index contributed by atoms with van der Waals surface area (Å²) in [6, 6.07) is 0. The quantitative estimate of drug-likeness (QED) is 0.308. The van der Waals surface area contributed by atoms with E-state index in [4.69, 9.17) is 29.8 Å². The first-order chi connectivity index (χ1) is 6.01. The van der Waals surface area contributed by atoms with Crippen LogP contribution < -0.4 is 0 Å². The van der Waals surface area contributed by atoms with Crippen molar-refractivity contribution >= 4 is 15.2 Å². The molecule has 10 heteroatoms. The van der Waals surface area contributed by atoms with Crippen LogP contribution in [0.1, 0.15) is 0 Å². The molecule has 0 aromatic heterocycles. The Morgan fingerprint density at radius 2 is 1.00 bits per heavy atom. The van der Waals surface area contributed by atoms with Crippen LogP contribution in [0.5, 0.6) is 0 Å². The molecule has 0 amide bonds. The van der Waals surface area contributed by atoms with Crippen LogP contribution in [-0.4, -0.2) is 54.3 Å². The minimum Gasteiger partial charge on any atom is -0.390 e. The predicted octanol–water partition coefficient (Wildman–Crippen LogP) is -1.94. The van der Waals surface area contributed by atoms with E-state index in [9.17, 15) is 9.13 Å². The van der Waals surface area contributed by atoms with Gasteiger partial charge in [0.05, 0.1) is 24.5 Å². The maximum Gasteiger partial charge on any atom is 0.328 e. The van der Waals surface area contributed by atoms with E-state index in [2.05, 4.69) is 0 Å². The fraction of sp³-hybridized carbons (Fsp3) is 1.00. The lowest BCUT2D eigenvalue weighted by Crippen LogP contribution is -2.32. The van der Waals surface area contributed by atoms with E-state index in [-0.39, 0.29) is 0 Å². The van der Waals surface area contributed by atoms with E-state index in [1.165, 1.54) is 0 Å². The largest absolute Gasteiger partial charge is 0.390 e. The summed E-state index contributed by atoms with van der Waals surface area (Å²) in [5, 5.41) is 17.9. The molecule has 0 radical (unpaired) electrons. The van der Waals surface area contributed by atoms with Crippen LogP contribution in [0.15, 0.2) is 0 Å². The van der Waals surface area contributed by atoms with Crippen LogP contribution in [0.25, 0.3) is 0 Å². The minimum absolute atomic E-state index is 1.03. The molecule has 0 spiro atoms. The Hall–Kier alpha value is 0.220. The first-order valence-electron chi connectivity index (χ1n) is 3.46. The second kappa shape index (κ2) is 4.83. The Morgan fingerprint density at radius 3 is 1.14 bits per heavy atom. The van der Waals surface area contributed by atoms with E-state index in [0.717, 1.165) is 0 Å². The maximum absolute atomic E-state index is 10.3. The summed E-state index contributed by atoms with van der Waals surface area (Å²) >= 11 is 0. The minimum atomic E-state index is -4.50. The van der Waals surface area contributed by atoms with Gasteiger partial charge in [-0.25, -0.2) is 0 Å². The third-order valence-electron chi connectivity index (χ3n) is 1.29. The number of hydrogen-bond donors (Lipinski definition) is 6. The molecule has 2 atom stereocenters. The van der Waals surface area contributed by atoms with Crippen molar-refractivity contribution in [2.24, 2.45) is 0 Å². The van der Waals surface area contributed by atoms with Gasteiger partial charge in [0.25, 0.3) is 0 Å². The first kappa shape index (κ1) is 14.2. The average molecular weight is 250 g/mol. The Balaban J connectivity index is 4.20. The van der Waals surface area contributed by atoms with Crippen LogP contribution in [0, 0.1) is 0 Å². The fourth-order valence-electron chi connectivity index (χ4n) is 0.731. The zero-order valence-electron chi connectivity index (χ0n) is 6.96. The fourth-order valence-corrected chi connectivity index (χ4v) is 2.19. The zero-order chi connectivity index (χ0) is 11.6. The molecule has 0 aromatic carbocycles. The Kier molecular flexibility index (Phi) is 4.90. The smallest absolute Gasteiger partial charge is 0.328 e. The first-order valence-corrected chi connectivity index (χ1v) is 7.06. The third-order valence-corrected chi connectivity index (χ3v) is 2.99. The summed E-state index contributed by atoms with van der Waals surface area (Å²) in [7, 11) is -9.01. The zero-order valence-corrected chi connectivity index (χ0v) is 8.75. The van der Waals surface area contributed by atoms with E-state index < -0.39 is 39.7 Å². The summed E-state index contributed by atoms with van der Waals surface area (Å²) in [6.07, 6.45) is -5.78. The van der Waals surface area contributed by atoms with Crippen molar-refractivity contribution in [3.05, 3.63) is 0 Å². The third kappa shape index (κ3) is 7.61. The Bertz CT molecular complexity index is 237. The van der Waals surface area contributed by atoms with Gasteiger partial charge in [0.1, 0.15) is 0 Å². The molecule has 0 rings (SSSR count). The summed E-state index contributed by atoms with van der Waals surface area (Å²) in [5.74, 6) is 0. The molecule has 8 nitrogen and oxygen atoms in total. The molecule has 0 fully saturated rings. The maximum atomic E-state index is 10.3. The highest BCUT2D eigenvalue weighted by atomic mass is 31.2. The van der Waals surface area contributed by atoms with Gasteiger partial charge >= 0.3 is 15.2 Å². The standard InChI is InChI=1S/C4H12O8P2/c5-3(1-13(7,8)9)4(6)2-14(10,11)12/h3-6H,1-2H2,(H2,7,8,9)(H2,10,11,12). The highest BCUT2D eigenvalue weighted by molar-refractivity contribution is 7.52. The molecule has 0 saturated heterocycles. The molecule has 14 heavy (non-hydrogen) atoms. The molecular formula is C4H12O8P2. The van der Waals surface area contributed by atoms with Crippen molar-refractivity contribution in [2.75, 3.05) is 12.3 Å². The van der Waals surface area contributed by atoms with Crippen LogP contribution in [0.4, 0.5) is 0 Å². The molecule has 86 valence electrons. The van der Waals surface area contributed by atoms with Gasteiger partial charge in [0.15, 0.2) is 0 Å². The highest BCUT2D eigenvalue weighted by Gasteiger charge is 2.30. The number of aliphatic hydroxyl groups is 2. The van der Waals surface area contributed by atoms with Gasteiger partial charge < -0.3 is 29.8 Å². The van der Waals surface area contributed by atoms with Crippen molar-refractivity contribution in [2.45, 2.75) is 12.2 Å². The summed E-state index contributed by atoms with van der Waals surface area (Å²) < 4.78 is 20.7. The normalized spacial score (nSPS) is 17.9. The van der Waals surface area contributed by atoms with Crippen LogP contribution in [0.2, 0.25) is 0 Å². The van der Waals surface area contributed by atoms with Crippen molar-refractivity contribution in [3.63, 3.8) is 0 Å². The molecule has 2 unspecified atom stereocenters. The van der Waals surface area contributed by atoms with Gasteiger partial charge in [-0.3, -0.25) is 9.13 Å². The summed E-state index contributed by atoms with van der Waals surface area (Å²) in [4.78, 5) is 33.5. The molecule has 0 heterocycles. The SMILES string of the molecule is O=P(O)(O)CC(O)C(O)CP(=O)(O)O. The van der Waals surface area contributed by atoms with Crippen molar-refractivity contribution in [1.29, 1.82) is 0 Å². The monoisotopic (exact) mass is 250 g/mol. The second-order valence-electron chi connectivity index (χ2n) is 2.83. The predicted molar refractivity (Wildman–Crippen MR) is 45.8 cm³/mol. The van der Waals surface area contributed by atoms with E-state index in [0.29, 0.717) is 0 Å². The van der Waals surface area contributed by atoms with Gasteiger partial charge in [0, 0.05) is 0 Å². The van der Waals surface area contributed by atoms with Crippen LogP contribution >= 0.6 is 15.2 Å². The van der Waals surface area contributed by atoms with Gasteiger partial charge in [0.2, 0.25) is 0 Å². The number of aliphatic hydroxyl groups excluding tert-OH is 2. The Labute approximate surface area is 79.5 Å². The molecule has 0 saturated carbocycles. The Morgan fingerprint density at radius 1 is 0.786 bits per heavy atom. The molecule has 0 aliphatic carbocycles. The van der Waals surface area contributed by atoms with E-state index in [1.807, 2.05) is 0 Å². The van der Waals surface area contributed by atoms with Gasteiger partial charge in [-0.2, -0.15) is 0 Å². The second-order valence-corrected chi connectivity index (χ2v) is 6.22. The van der Waals surface area contributed by atoms with Gasteiger partial charge in [-0.15, -0.1) is 0 Å². The molecule has 0 aliphatic heterocycles. The molecule has 0 bridgehead atoms. The van der Waals surface area contributed by atoms with E-state index in [1.54, 1.807) is 0 Å². The lowest BCUT2D eigenvalue weighted by Gasteiger charge is -2.18. The lowest BCUT2D eigenvalue weighted by molar-refractivity contribution is 0.0420. The van der Waals surface area contributed by atoms with Gasteiger partial charge in [-0.1, -0.05) is 0 Å². The molecular weight excluding hydrogens is 238 g/mol. The van der Waals surface area contributed by atoms with Crippen molar-refractivity contribution in [1.82, 2.24) is 0 Å². The molecule has 0 aliphatic rings. The van der Waals surface area contributed by atoms with E-state index >= 15 is 0 Å². The lowest BCUT2D eigenvalue weighted by atomic mass is 10.3. The van der Waals surface area contributed by atoms with Crippen molar-refractivity contribution in [3.8, 4) is 0 Å². The molecule has 6 N–H and O–H groups in total. The topological polar surface area (TPSA) is 156 Å². The van der Waals surface area contributed by atoms with Crippen molar-refractivity contribution < 1.29 is 38.9 Å². The summed E-state index contributed by atoms with van der Waals surface area (Å²) in [5.41, 5.74) is 0. The highest BCUT2D eigenvalue weighted by Crippen LogP contribution is 2.39. The van der Waals surface area contributed by atoms with Crippen LogP contribution in [-0.2, 0) is 9.13 Å². The van der Waals surface area contributed by atoms with Gasteiger partial charge in [-0.05, 0) is 0 Å². The van der Waals surface area contributed by atoms with Crippen LogP contribution in [0.3, 0.4) is 0 Å². The number of hydrogen-bond acceptors (Lipinski definition) is 4. The molecule has 0 aromatic rings.